The minimum absolute atomic E-state index is 0.0104. The van der Waals surface area contributed by atoms with E-state index in [9.17, 15) is 41.9 Å². The molecule has 1 aromatic heterocycles. The monoisotopic (exact) mass is 764 g/mol. The number of hydrogen-bond acceptors (Lipinski definition) is 8. The average molecular weight is 765 g/mol. The molecule has 3 aliphatic rings. The first kappa shape index (κ1) is 41.4. The van der Waals surface area contributed by atoms with Crippen LogP contribution in [0.25, 0.3) is 5.69 Å². The van der Waals surface area contributed by atoms with Gasteiger partial charge in [-0.2, -0.15) is 18.3 Å². The smallest absolute Gasteiger partial charge is 0.407 e. The van der Waals surface area contributed by atoms with Crippen LogP contribution in [0, 0.1) is 0 Å². The van der Waals surface area contributed by atoms with Gasteiger partial charge in [-0.3, -0.25) is 24.0 Å². The van der Waals surface area contributed by atoms with Crippen molar-refractivity contribution in [2.45, 2.75) is 76.6 Å². The predicted molar refractivity (Wildman–Crippen MR) is 187 cm³/mol. The highest BCUT2D eigenvalue weighted by molar-refractivity contribution is 5.95. The molecule has 54 heavy (non-hydrogen) atoms. The van der Waals surface area contributed by atoms with Gasteiger partial charge in [-0.15, -0.1) is 0 Å². The van der Waals surface area contributed by atoms with Gasteiger partial charge >= 0.3 is 12.3 Å². The molecule has 19 heteroatoms. The maximum Gasteiger partial charge on any atom is 0.407 e. The maximum absolute atomic E-state index is 13.1. The molecule has 4 N–H and O–H groups in total. The maximum atomic E-state index is 13.1. The van der Waals surface area contributed by atoms with Crippen molar-refractivity contribution >= 4 is 35.6 Å². The number of piperazine rings is 1. The minimum Gasteiger partial charge on any atom is -0.467 e. The second kappa shape index (κ2) is 19.6. The van der Waals surface area contributed by atoms with E-state index in [0.717, 1.165) is 25.7 Å². The van der Waals surface area contributed by atoms with Gasteiger partial charge < -0.3 is 40.5 Å². The van der Waals surface area contributed by atoms with E-state index in [1.54, 1.807) is 36.1 Å². The van der Waals surface area contributed by atoms with Gasteiger partial charge in [-0.05, 0) is 50.7 Å². The van der Waals surface area contributed by atoms with Gasteiger partial charge in [0.2, 0.25) is 23.6 Å². The van der Waals surface area contributed by atoms with Gasteiger partial charge in [0.1, 0.15) is 6.04 Å². The number of carboxylic acid groups (broad SMARTS) is 1. The molecule has 0 spiro atoms. The zero-order valence-electron chi connectivity index (χ0n) is 30.1. The molecule has 3 fully saturated rings. The highest BCUT2D eigenvalue weighted by atomic mass is 19.4. The number of halogens is 3. The lowest BCUT2D eigenvalue weighted by Crippen LogP contribution is -2.52. The predicted octanol–water partition coefficient (Wildman–Crippen LogP) is 2.32. The second-order valence-corrected chi connectivity index (χ2v) is 13.1. The standard InChI is InChI=1S/C28H35N7O7.C7H12F3NO/c36-23(32-12-14-33(15-13-32)28(40)41)17-29-26(38)21-16-25(35(31-21)20-8-2-1-3-9-20)42-18-24(37)34-11-5-10-22(34)27(39)30-19-6-4-7-19;1-2-3-6(12)11-5-4-7(8,9)10/h1-3,8-9,16,19,22H,4-7,10-15,17-18H2,(H,29,38)(H,30,39)(H,40,41);2-5H2,1H3,(H,11,12)/t22-;/m0./s1. The number of alkyl halides is 3. The molecule has 2 aromatic rings. The number of aromatic nitrogens is 2. The summed E-state index contributed by atoms with van der Waals surface area (Å²) in [6.45, 7) is 2.23. The number of amides is 6. The molecule has 2 saturated heterocycles. The lowest BCUT2D eigenvalue weighted by Gasteiger charge is -2.33. The van der Waals surface area contributed by atoms with E-state index in [0.29, 0.717) is 25.1 Å². The first-order valence-corrected chi connectivity index (χ1v) is 18.0. The summed E-state index contributed by atoms with van der Waals surface area (Å²) in [7, 11) is 0. The van der Waals surface area contributed by atoms with E-state index in [4.69, 9.17) is 9.84 Å². The van der Waals surface area contributed by atoms with Crippen LogP contribution in [0.4, 0.5) is 18.0 Å². The summed E-state index contributed by atoms with van der Waals surface area (Å²) < 4.78 is 41.9. The summed E-state index contributed by atoms with van der Waals surface area (Å²) in [4.78, 5) is 77.4. The van der Waals surface area contributed by atoms with Crippen LogP contribution >= 0.6 is 0 Å². The number of likely N-dealkylation sites (tertiary alicyclic amines) is 1. The van der Waals surface area contributed by atoms with Crippen molar-refractivity contribution in [3.8, 4) is 11.6 Å². The van der Waals surface area contributed by atoms with Crippen LogP contribution in [0.5, 0.6) is 5.88 Å². The number of carbonyl (C=O) groups excluding carboxylic acids is 5. The number of benzene rings is 1. The summed E-state index contributed by atoms with van der Waals surface area (Å²) in [6.07, 6.45) is -0.862. The Balaban J connectivity index is 0.000000467. The van der Waals surface area contributed by atoms with Crippen molar-refractivity contribution in [1.82, 2.24) is 40.4 Å². The van der Waals surface area contributed by atoms with Crippen LogP contribution in [0.3, 0.4) is 0 Å². The molecular weight excluding hydrogens is 717 g/mol. The minimum atomic E-state index is -4.18. The Kier molecular flexibility index (Phi) is 15.1. The van der Waals surface area contributed by atoms with Gasteiger partial charge in [-0.1, -0.05) is 25.1 Å². The number of ether oxygens (including phenoxy) is 1. The van der Waals surface area contributed by atoms with Crippen LogP contribution in [0.2, 0.25) is 0 Å². The van der Waals surface area contributed by atoms with E-state index >= 15 is 0 Å². The Labute approximate surface area is 310 Å². The summed E-state index contributed by atoms with van der Waals surface area (Å²) in [5.74, 6) is -1.56. The largest absolute Gasteiger partial charge is 0.467 e. The number of carbonyl (C=O) groups is 6. The molecular formula is C35H47F3N8O8. The molecule has 16 nitrogen and oxygen atoms in total. The molecule has 0 unspecified atom stereocenters. The topological polar surface area (TPSA) is 196 Å². The highest BCUT2D eigenvalue weighted by Crippen LogP contribution is 2.24. The van der Waals surface area contributed by atoms with Crippen molar-refractivity contribution in [3.05, 3.63) is 42.1 Å². The number of nitrogens with zero attached hydrogens (tertiary/aromatic N) is 5. The molecule has 2 aliphatic heterocycles. The Morgan fingerprint density at radius 2 is 1.59 bits per heavy atom. The van der Waals surface area contributed by atoms with Crippen LogP contribution in [0.15, 0.2) is 36.4 Å². The highest BCUT2D eigenvalue weighted by Gasteiger charge is 2.36. The molecule has 0 radical (unpaired) electrons. The molecule has 6 amide bonds. The average Bonchev–Trinajstić information content (AvgIpc) is 3.80. The van der Waals surface area contributed by atoms with E-state index in [2.05, 4.69) is 21.0 Å². The van der Waals surface area contributed by atoms with Crippen molar-refractivity contribution < 1.29 is 51.8 Å². The molecule has 1 atom stereocenters. The molecule has 0 bridgehead atoms. The third-order valence-electron chi connectivity index (χ3n) is 9.09. The number of para-hydroxylation sites is 1. The SMILES string of the molecule is CCCC(=O)NCCC(F)(F)F.O=C(NCC(=O)N1CCN(C(=O)O)CC1)c1cc(OCC(=O)N2CCC[C@H]2C(=O)NC2CCC2)n(-c2ccccc2)n1. The van der Waals surface area contributed by atoms with Crippen LogP contribution in [-0.4, -0.2) is 136 Å². The Morgan fingerprint density at radius 1 is 0.907 bits per heavy atom. The fourth-order valence-electron chi connectivity index (χ4n) is 5.90. The Hall–Kier alpha value is -5.36. The molecule has 3 heterocycles. The zero-order chi connectivity index (χ0) is 39.3. The van der Waals surface area contributed by atoms with E-state index in [1.807, 2.05) is 6.07 Å². The van der Waals surface area contributed by atoms with E-state index < -0.39 is 30.6 Å². The van der Waals surface area contributed by atoms with Crippen molar-refractivity contribution in [1.29, 1.82) is 0 Å². The summed E-state index contributed by atoms with van der Waals surface area (Å²) >= 11 is 0. The third kappa shape index (κ3) is 12.4. The summed E-state index contributed by atoms with van der Waals surface area (Å²) in [6, 6.07) is 10.0. The zero-order valence-corrected chi connectivity index (χ0v) is 30.1. The third-order valence-corrected chi connectivity index (χ3v) is 9.09. The van der Waals surface area contributed by atoms with Gasteiger partial charge in [0, 0.05) is 57.8 Å². The van der Waals surface area contributed by atoms with Gasteiger partial charge in [0.25, 0.3) is 11.8 Å². The van der Waals surface area contributed by atoms with E-state index in [-0.39, 0.29) is 93.5 Å². The molecule has 1 aliphatic carbocycles. The number of nitrogens with one attached hydrogen (secondary N) is 3. The molecule has 296 valence electrons. The second-order valence-electron chi connectivity index (χ2n) is 13.1. The first-order chi connectivity index (χ1) is 25.8. The summed E-state index contributed by atoms with van der Waals surface area (Å²) in [5, 5.41) is 21.2. The lowest BCUT2D eigenvalue weighted by molar-refractivity contribution is -0.140. The first-order valence-electron chi connectivity index (χ1n) is 18.0. The van der Waals surface area contributed by atoms with Crippen molar-refractivity contribution in [3.63, 3.8) is 0 Å². The van der Waals surface area contributed by atoms with Crippen LogP contribution in [0.1, 0.15) is 68.8 Å². The number of rotatable bonds is 13. The fourth-order valence-corrected chi connectivity index (χ4v) is 5.90. The summed E-state index contributed by atoms with van der Waals surface area (Å²) in [5.41, 5.74) is 0.592. The van der Waals surface area contributed by atoms with Crippen LogP contribution < -0.4 is 20.7 Å². The van der Waals surface area contributed by atoms with Gasteiger partial charge in [0.15, 0.2) is 12.3 Å². The quantitative estimate of drug-likeness (QED) is 0.237. The normalized spacial score (nSPS) is 17.1. The van der Waals surface area contributed by atoms with E-state index in [1.165, 1.54) is 20.5 Å². The Bertz CT molecular complexity index is 1610. The van der Waals surface area contributed by atoms with Gasteiger partial charge in [0.05, 0.1) is 18.7 Å². The molecule has 5 rings (SSSR count). The van der Waals surface area contributed by atoms with Crippen molar-refractivity contribution in [2.75, 3.05) is 52.4 Å². The lowest BCUT2D eigenvalue weighted by atomic mass is 9.93. The van der Waals surface area contributed by atoms with Crippen molar-refractivity contribution in [2.24, 2.45) is 0 Å². The van der Waals surface area contributed by atoms with Crippen LogP contribution in [-0.2, 0) is 19.2 Å². The fraction of sp³-hybridized carbons (Fsp3) is 0.571. The van der Waals surface area contributed by atoms with Gasteiger partial charge in [-0.25, -0.2) is 9.48 Å². The number of hydrogen-bond donors (Lipinski definition) is 4. The Morgan fingerprint density at radius 3 is 2.20 bits per heavy atom. The molecule has 1 saturated carbocycles. The molecule has 1 aromatic carbocycles.